The van der Waals surface area contributed by atoms with Crippen molar-refractivity contribution in [3.63, 3.8) is 0 Å². The number of benzene rings is 1. The number of anilines is 1. The fraction of sp³-hybridized carbons (Fsp3) is 0.318. The van der Waals surface area contributed by atoms with Gasteiger partial charge < -0.3 is 14.1 Å². The Balaban J connectivity index is 1.43. The lowest BCUT2D eigenvalue weighted by Gasteiger charge is -2.29. The van der Waals surface area contributed by atoms with E-state index in [-0.39, 0.29) is 23.2 Å². The number of aromatic nitrogens is 1. The Hall–Kier alpha value is -3.20. The maximum Gasteiger partial charge on any atom is 0.410 e. The molecule has 0 unspecified atom stereocenters. The van der Waals surface area contributed by atoms with Crippen LogP contribution < -0.4 is 5.32 Å². The third kappa shape index (κ3) is 4.77. The van der Waals surface area contributed by atoms with Gasteiger partial charge in [0.05, 0.1) is 17.8 Å². The summed E-state index contributed by atoms with van der Waals surface area (Å²) in [6.45, 7) is 6.37. The van der Waals surface area contributed by atoms with Crippen LogP contribution in [0.25, 0.3) is 11.3 Å². The number of nitrogens with one attached hydrogen (secondary N) is 1. The van der Waals surface area contributed by atoms with Crippen molar-refractivity contribution in [2.75, 3.05) is 11.9 Å². The second-order valence-electron chi connectivity index (χ2n) is 8.14. The number of hydrogen-bond donors (Lipinski definition) is 1. The van der Waals surface area contributed by atoms with Gasteiger partial charge in [0.2, 0.25) is 0 Å². The van der Waals surface area contributed by atoms with E-state index in [9.17, 15) is 14.0 Å². The summed E-state index contributed by atoms with van der Waals surface area (Å²) in [4.78, 5) is 31.9. The summed E-state index contributed by atoms with van der Waals surface area (Å²) in [6, 6.07) is 9.25. The first-order chi connectivity index (χ1) is 14.7. The number of amides is 2. The van der Waals surface area contributed by atoms with Gasteiger partial charge in [0.15, 0.2) is 10.9 Å². The third-order valence-corrected chi connectivity index (χ3v) is 5.57. The van der Waals surface area contributed by atoms with Crippen molar-refractivity contribution >= 4 is 28.5 Å². The van der Waals surface area contributed by atoms with E-state index >= 15 is 0 Å². The van der Waals surface area contributed by atoms with Crippen molar-refractivity contribution in [2.45, 2.75) is 39.3 Å². The van der Waals surface area contributed by atoms with Crippen molar-refractivity contribution in [3.8, 4) is 11.3 Å². The van der Waals surface area contributed by atoms with Gasteiger partial charge in [-0.1, -0.05) is 23.5 Å². The predicted molar refractivity (Wildman–Crippen MR) is 115 cm³/mol. The lowest BCUT2D eigenvalue weighted by atomic mass is 10.1. The van der Waals surface area contributed by atoms with E-state index in [1.54, 1.807) is 29.2 Å². The molecular weight excluding hydrogens is 421 g/mol. The van der Waals surface area contributed by atoms with Crippen LogP contribution in [0.1, 0.15) is 41.9 Å². The fourth-order valence-electron chi connectivity index (χ4n) is 3.16. The fourth-order valence-corrected chi connectivity index (χ4v) is 4.17. The van der Waals surface area contributed by atoms with Gasteiger partial charge in [0.1, 0.15) is 17.2 Å². The Bertz CT molecular complexity index is 1130. The highest BCUT2D eigenvalue weighted by Crippen LogP contribution is 2.30. The smallest absolute Gasteiger partial charge is 0.410 e. The Morgan fingerprint density at radius 3 is 2.74 bits per heavy atom. The molecule has 3 aromatic rings. The molecule has 1 aromatic carbocycles. The Morgan fingerprint density at radius 2 is 2.00 bits per heavy atom. The first-order valence-electron chi connectivity index (χ1n) is 9.82. The van der Waals surface area contributed by atoms with E-state index in [1.165, 1.54) is 23.5 Å². The number of rotatable bonds is 3. The maximum absolute atomic E-state index is 13.9. The monoisotopic (exact) mass is 443 g/mol. The van der Waals surface area contributed by atoms with Crippen LogP contribution in [-0.2, 0) is 17.7 Å². The van der Waals surface area contributed by atoms with Crippen LogP contribution in [0.3, 0.4) is 0 Å². The van der Waals surface area contributed by atoms with Crippen LogP contribution in [0.2, 0.25) is 0 Å². The molecule has 2 amide bonds. The van der Waals surface area contributed by atoms with Gasteiger partial charge in [-0.05, 0) is 45.0 Å². The van der Waals surface area contributed by atoms with Crippen molar-refractivity contribution in [1.82, 2.24) is 9.88 Å². The quantitative estimate of drug-likeness (QED) is 0.610. The molecule has 1 aliphatic heterocycles. The lowest BCUT2D eigenvalue weighted by molar-refractivity contribution is 0.0225. The molecule has 162 valence electrons. The number of furan rings is 1. The van der Waals surface area contributed by atoms with Gasteiger partial charge in [-0.15, -0.1) is 0 Å². The predicted octanol–water partition coefficient (Wildman–Crippen LogP) is 5.09. The zero-order chi connectivity index (χ0) is 22.2. The number of hydrogen-bond acceptors (Lipinski definition) is 6. The van der Waals surface area contributed by atoms with E-state index in [2.05, 4.69) is 10.3 Å². The summed E-state index contributed by atoms with van der Waals surface area (Å²) in [5.74, 6) is -0.569. The molecule has 0 saturated carbocycles. The van der Waals surface area contributed by atoms with E-state index in [1.807, 2.05) is 20.8 Å². The number of thiazole rings is 1. The molecule has 0 fully saturated rings. The van der Waals surface area contributed by atoms with Crippen LogP contribution in [0.5, 0.6) is 0 Å². The molecule has 1 N–H and O–H groups in total. The molecular formula is C22H22FN3O4S. The van der Waals surface area contributed by atoms with Crippen LogP contribution in [0, 0.1) is 5.82 Å². The Labute approximate surface area is 182 Å². The van der Waals surface area contributed by atoms with Crippen molar-refractivity contribution < 1.29 is 23.1 Å². The molecule has 0 aliphatic carbocycles. The first-order valence-corrected chi connectivity index (χ1v) is 10.6. The minimum Gasteiger partial charge on any atom is -0.451 e. The summed E-state index contributed by atoms with van der Waals surface area (Å²) in [5, 5.41) is 3.14. The number of carbonyl (C=O) groups is 2. The highest BCUT2D eigenvalue weighted by atomic mass is 32.1. The van der Waals surface area contributed by atoms with Crippen molar-refractivity contribution in [3.05, 3.63) is 58.5 Å². The van der Waals surface area contributed by atoms with Gasteiger partial charge in [0, 0.05) is 17.8 Å². The molecule has 0 atom stereocenters. The van der Waals surface area contributed by atoms with Gasteiger partial charge in [-0.2, -0.15) is 0 Å². The van der Waals surface area contributed by atoms with Gasteiger partial charge in [0.25, 0.3) is 5.91 Å². The zero-order valence-electron chi connectivity index (χ0n) is 17.4. The summed E-state index contributed by atoms with van der Waals surface area (Å²) >= 11 is 1.31. The van der Waals surface area contributed by atoms with Crippen LogP contribution >= 0.6 is 11.3 Å². The van der Waals surface area contributed by atoms with E-state index in [0.717, 1.165) is 10.6 Å². The molecule has 2 aromatic heterocycles. The standard InChI is InChI=1S/C22H22FN3O4S/c1-22(2,3)30-21(28)26-11-10-15-18(12-26)31-20(24-15)25-19(27)17-9-8-16(29-17)13-6-4-5-7-14(13)23/h4-9H,10-12H2,1-3H3,(H,24,25,27). The lowest BCUT2D eigenvalue weighted by Crippen LogP contribution is -2.39. The minimum absolute atomic E-state index is 0.0572. The molecule has 4 rings (SSSR count). The minimum atomic E-state index is -0.561. The van der Waals surface area contributed by atoms with E-state index in [4.69, 9.17) is 9.15 Å². The molecule has 0 bridgehead atoms. The van der Waals surface area contributed by atoms with Crippen LogP contribution in [0.4, 0.5) is 14.3 Å². The second kappa shape index (κ2) is 8.14. The van der Waals surface area contributed by atoms with E-state index in [0.29, 0.717) is 24.6 Å². The third-order valence-electron chi connectivity index (χ3n) is 4.57. The molecule has 0 saturated heterocycles. The molecule has 7 nitrogen and oxygen atoms in total. The molecule has 3 heterocycles. The Kier molecular flexibility index (Phi) is 5.53. The zero-order valence-corrected chi connectivity index (χ0v) is 18.2. The van der Waals surface area contributed by atoms with E-state index < -0.39 is 17.3 Å². The number of carbonyl (C=O) groups excluding carboxylic acids is 2. The summed E-state index contributed by atoms with van der Waals surface area (Å²) in [6.07, 6.45) is 0.215. The first kappa shape index (κ1) is 21.0. The van der Waals surface area contributed by atoms with Crippen molar-refractivity contribution in [2.24, 2.45) is 0 Å². The summed E-state index contributed by atoms with van der Waals surface area (Å²) in [5.41, 5.74) is 0.578. The Morgan fingerprint density at radius 1 is 1.23 bits per heavy atom. The van der Waals surface area contributed by atoms with Crippen LogP contribution in [-0.4, -0.2) is 34.0 Å². The largest absolute Gasteiger partial charge is 0.451 e. The van der Waals surface area contributed by atoms with Gasteiger partial charge in [-0.25, -0.2) is 14.2 Å². The molecule has 0 spiro atoms. The van der Waals surface area contributed by atoms with Gasteiger partial charge >= 0.3 is 6.09 Å². The maximum atomic E-state index is 13.9. The molecule has 9 heteroatoms. The molecule has 1 aliphatic rings. The topological polar surface area (TPSA) is 84.7 Å². The SMILES string of the molecule is CC(C)(C)OC(=O)N1CCc2nc(NC(=O)c3ccc(-c4ccccc4F)o3)sc2C1. The normalized spacial score (nSPS) is 13.6. The summed E-state index contributed by atoms with van der Waals surface area (Å²) in [7, 11) is 0. The second-order valence-corrected chi connectivity index (χ2v) is 9.22. The highest BCUT2D eigenvalue weighted by Gasteiger charge is 2.28. The average Bonchev–Trinajstić information content (AvgIpc) is 3.33. The van der Waals surface area contributed by atoms with Crippen LogP contribution in [0.15, 0.2) is 40.8 Å². The number of fused-ring (bicyclic) bond motifs is 1. The van der Waals surface area contributed by atoms with Gasteiger partial charge in [-0.3, -0.25) is 10.1 Å². The average molecular weight is 444 g/mol. The number of nitrogens with zero attached hydrogens (tertiary/aromatic N) is 2. The molecule has 0 radical (unpaired) electrons. The number of halogens is 1. The molecule has 31 heavy (non-hydrogen) atoms. The van der Waals surface area contributed by atoms with Crippen molar-refractivity contribution in [1.29, 1.82) is 0 Å². The summed E-state index contributed by atoms with van der Waals surface area (Å²) < 4.78 is 24.9. The number of ether oxygens (including phenoxy) is 1. The highest BCUT2D eigenvalue weighted by molar-refractivity contribution is 7.15.